The molecule has 12 atom stereocenters. The van der Waals surface area contributed by atoms with Gasteiger partial charge in [0.1, 0.15) is 54.4 Å². The van der Waals surface area contributed by atoms with Crippen molar-refractivity contribution in [3.05, 3.63) is 18.2 Å². The summed E-state index contributed by atoms with van der Waals surface area (Å²) in [4.78, 5) is 196. The van der Waals surface area contributed by atoms with Crippen molar-refractivity contribution in [1.82, 2.24) is 68.0 Å². The highest BCUT2D eigenvalue weighted by molar-refractivity contribution is 5.99. The molecule has 0 radical (unpaired) electrons. The summed E-state index contributed by atoms with van der Waals surface area (Å²) in [6, 6.07) is -16.5. The third-order valence-electron chi connectivity index (χ3n) is 13.7. The molecule has 0 saturated carbocycles. The van der Waals surface area contributed by atoms with Crippen LogP contribution in [0.25, 0.3) is 0 Å². The van der Waals surface area contributed by atoms with Gasteiger partial charge in [0.25, 0.3) is 0 Å². The summed E-state index contributed by atoms with van der Waals surface area (Å²) < 4.78 is 0. The minimum Gasteiger partial charge on any atom is -0.481 e. The number of aliphatic carboxylic acids is 3. The van der Waals surface area contributed by atoms with Gasteiger partial charge in [0.15, 0.2) is 12.0 Å². The third-order valence-corrected chi connectivity index (χ3v) is 13.7. The first-order valence-electron chi connectivity index (χ1n) is 29.0. The number of aliphatic hydroxyl groups excluding tert-OH is 2. The highest BCUT2D eigenvalue weighted by Gasteiger charge is 2.40. The van der Waals surface area contributed by atoms with Crippen LogP contribution in [0.15, 0.2) is 17.5 Å². The minimum atomic E-state index is -1.98. The number of hydrogen-bond donors (Lipinski definition) is 20. The number of imidazole rings is 1. The second-order valence-electron chi connectivity index (χ2n) is 21.8. The van der Waals surface area contributed by atoms with Crippen molar-refractivity contribution < 1.29 is 92.7 Å². The van der Waals surface area contributed by atoms with Crippen molar-refractivity contribution in [2.45, 2.75) is 184 Å². The fraction of sp³-hybridized carbons (Fsp3) is 0.660. The maximum atomic E-state index is 14.2. The van der Waals surface area contributed by atoms with Crippen LogP contribution >= 0.6 is 0 Å². The molecular weight excluding hydrogens is 1190 g/mol. The molecule has 504 valence electrons. The number of carbonyl (C=O) groups is 14. The minimum absolute atomic E-state index is 0.0264. The molecule has 1 aromatic heterocycles. The number of nitrogens with two attached hydrogens (primary N) is 4. The van der Waals surface area contributed by atoms with Crippen LogP contribution in [0.1, 0.15) is 111 Å². The monoisotopic (exact) mass is 1280 g/mol. The van der Waals surface area contributed by atoms with Crippen LogP contribution in [0.3, 0.4) is 0 Å². The lowest BCUT2D eigenvalue weighted by molar-refractivity contribution is -0.145. The summed E-state index contributed by atoms with van der Waals surface area (Å²) in [6.45, 7) is 5.40. The lowest BCUT2D eigenvalue weighted by atomic mass is 10.0. The molecule has 0 bridgehead atoms. The van der Waals surface area contributed by atoms with Crippen molar-refractivity contribution in [1.29, 1.82) is 0 Å². The van der Waals surface area contributed by atoms with E-state index in [2.05, 4.69) is 68.1 Å². The van der Waals surface area contributed by atoms with Crippen LogP contribution in [-0.2, 0) is 73.5 Å². The normalized spacial score (nSPS) is 16.4. The summed E-state index contributed by atoms with van der Waals surface area (Å²) in [6.07, 6.45) is -0.488. The number of likely N-dealkylation sites (tertiary alicyclic amines) is 1. The fourth-order valence-electron chi connectivity index (χ4n) is 8.91. The van der Waals surface area contributed by atoms with Gasteiger partial charge in [-0.05, 0) is 91.0 Å². The predicted molar refractivity (Wildman–Crippen MR) is 315 cm³/mol. The molecule has 1 aliphatic rings. The van der Waals surface area contributed by atoms with Crippen molar-refractivity contribution in [3.8, 4) is 0 Å². The molecule has 1 saturated heterocycles. The molecule has 1 aliphatic heterocycles. The smallest absolute Gasteiger partial charge is 0.328 e. The number of rotatable bonds is 41. The van der Waals surface area contributed by atoms with Gasteiger partial charge in [0.05, 0.1) is 38.0 Å². The molecule has 1 fully saturated rings. The van der Waals surface area contributed by atoms with Gasteiger partial charge in [-0.25, -0.2) is 9.78 Å². The number of nitrogens with one attached hydrogen (secondary N) is 11. The largest absolute Gasteiger partial charge is 0.481 e. The average Bonchev–Trinajstić information content (AvgIpc) is 1.70. The van der Waals surface area contributed by atoms with Crippen LogP contribution in [0.5, 0.6) is 0 Å². The van der Waals surface area contributed by atoms with Gasteiger partial charge >= 0.3 is 17.9 Å². The first kappa shape index (κ1) is 77.0. The third kappa shape index (κ3) is 27.5. The fourth-order valence-corrected chi connectivity index (χ4v) is 8.91. The van der Waals surface area contributed by atoms with Gasteiger partial charge in [-0.3, -0.25) is 67.3 Å². The first-order valence-corrected chi connectivity index (χ1v) is 29.0. The molecule has 2 rings (SSSR count). The van der Waals surface area contributed by atoms with E-state index >= 15 is 0 Å². The number of aromatic nitrogens is 2. The van der Waals surface area contributed by atoms with Gasteiger partial charge in [0, 0.05) is 37.8 Å². The lowest BCUT2D eigenvalue weighted by Gasteiger charge is -2.31. The van der Waals surface area contributed by atoms with Crippen LogP contribution in [0.2, 0.25) is 0 Å². The quantitative estimate of drug-likeness (QED) is 0.0164. The molecule has 2 heterocycles. The lowest BCUT2D eigenvalue weighted by Crippen LogP contribution is -2.60. The molecule has 0 spiro atoms. The zero-order valence-corrected chi connectivity index (χ0v) is 50.8. The number of carboxylic acid groups (broad SMARTS) is 3. The van der Waals surface area contributed by atoms with E-state index in [0.717, 1.165) is 6.92 Å². The molecule has 37 heteroatoms. The van der Waals surface area contributed by atoms with Crippen molar-refractivity contribution in [3.63, 3.8) is 0 Å². The van der Waals surface area contributed by atoms with E-state index < -0.39 is 188 Å². The summed E-state index contributed by atoms with van der Waals surface area (Å²) in [5.74, 6) is -16.0. The van der Waals surface area contributed by atoms with E-state index in [0.29, 0.717) is 12.8 Å². The number of carboxylic acids is 3. The number of carbonyl (C=O) groups excluding carboxylic acids is 11. The van der Waals surface area contributed by atoms with E-state index in [9.17, 15) is 92.7 Å². The molecule has 0 aromatic carbocycles. The number of aliphatic imine (C=N–C) groups is 1. The maximum absolute atomic E-state index is 14.2. The molecule has 37 nitrogen and oxygen atoms in total. The van der Waals surface area contributed by atoms with Gasteiger partial charge < -0.3 is 112 Å². The molecule has 0 unspecified atom stereocenters. The number of aliphatic hydroxyl groups is 2. The van der Waals surface area contributed by atoms with Crippen LogP contribution < -0.4 is 76.1 Å². The summed E-state index contributed by atoms with van der Waals surface area (Å²) in [5.41, 5.74) is 22.4. The van der Waals surface area contributed by atoms with E-state index in [1.807, 2.05) is 0 Å². The number of amides is 11. The van der Waals surface area contributed by atoms with Crippen molar-refractivity contribution in [2.24, 2.45) is 33.8 Å². The van der Waals surface area contributed by atoms with E-state index in [1.54, 1.807) is 13.8 Å². The van der Waals surface area contributed by atoms with Crippen LogP contribution in [0.4, 0.5) is 0 Å². The second kappa shape index (κ2) is 39.0. The molecular formula is C53H88N18O19. The number of hydrogen-bond acceptors (Lipinski definition) is 20. The number of H-pyrrole nitrogens is 1. The van der Waals surface area contributed by atoms with Gasteiger partial charge in [-0.2, -0.15) is 0 Å². The Bertz CT molecular complexity index is 2670. The Labute approximate surface area is 517 Å². The SMILES string of the molecule is CC(C)C[C@H](NC(=O)[C@@H]1CCCN1C(=O)[C@H](CCCN=C(N)N)NC(=O)[C@H](C)N)C(=O)N[C@@H](CCC(=O)O)C(=O)N[C@@H](Cc1cnc[nH]1)C(=O)NCC(=O)N[C@@H](CO)C(=O)N[C@@H](CC(=O)O)C(=O)N[C@@H](CCCCN)C(=O)N[C@@H](C)C(=O)N[C@H](C(=O)O)[C@@H](C)O. The first-order chi connectivity index (χ1) is 42.3. The molecule has 0 aliphatic carbocycles. The average molecular weight is 1280 g/mol. The number of aromatic amines is 1. The number of guanidine groups is 1. The standard InChI is InChI=1S/C53H88N18O19/c1-25(2)18-33(69-50(87)37-12-9-17-71(37)51(88)32(66-42(79)26(3)55)11-8-16-59-53(56)57)47(84)65-31(13-14-39(75)76)46(83)67-34(19-29-21-58-24-61-29)44(81)60-22-38(74)63-36(23-72)49(86)68-35(20-40(77)78)48(85)64-30(10-6-7-15-54)45(82)62-27(4)43(80)70-41(28(5)73)52(89)90/h21,24-28,30-37,41,72-73H,6-20,22-23,54-55H2,1-5H3,(H,58,61)(H,60,81)(H,62,82)(H,63,74)(H,64,85)(H,65,84)(H,66,79)(H,67,83)(H,68,86)(H,69,87)(H,70,80)(H,75,76)(H,77,78)(H,89,90)(H4,56,57,59)/t26-,27-,28+,30-,31-,32-,33-,34-,35-,36-,37-,41-/m0/s1. The summed E-state index contributed by atoms with van der Waals surface area (Å²) in [7, 11) is 0. The molecule has 11 amide bonds. The van der Waals surface area contributed by atoms with Crippen molar-refractivity contribution >= 4 is 88.8 Å². The van der Waals surface area contributed by atoms with Gasteiger partial charge in [0.2, 0.25) is 65.0 Å². The Morgan fingerprint density at radius 1 is 0.667 bits per heavy atom. The second-order valence-corrected chi connectivity index (χ2v) is 21.8. The van der Waals surface area contributed by atoms with Crippen LogP contribution in [-0.4, -0.2) is 235 Å². The predicted octanol–water partition coefficient (Wildman–Crippen LogP) is -8.18. The van der Waals surface area contributed by atoms with E-state index in [1.165, 1.54) is 31.3 Å². The van der Waals surface area contributed by atoms with Crippen LogP contribution in [0, 0.1) is 5.92 Å². The molecule has 90 heavy (non-hydrogen) atoms. The molecule has 1 aromatic rings. The Balaban J connectivity index is 2.30. The summed E-state index contributed by atoms with van der Waals surface area (Å²) >= 11 is 0. The molecule has 24 N–H and O–H groups in total. The summed E-state index contributed by atoms with van der Waals surface area (Å²) in [5, 5.41) is 71.8. The van der Waals surface area contributed by atoms with E-state index in [-0.39, 0.29) is 82.2 Å². The maximum Gasteiger partial charge on any atom is 0.328 e. The Kier molecular flexibility index (Phi) is 33.4. The number of unbranched alkanes of at least 4 members (excludes halogenated alkanes) is 1. The zero-order chi connectivity index (χ0) is 67.9. The Morgan fingerprint density at radius 3 is 1.80 bits per heavy atom. The Morgan fingerprint density at radius 2 is 1.24 bits per heavy atom. The Hall–Kier alpha value is -9.10. The van der Waals surface area contributed by atoms with Crippen molar-refractivity contribution in [2.75, 3.05) is 32.8 Å². The number of nitrogens with zero attached hydrogens (tertiary/aromatic N) is 3. The zero-order valence-electron chi connectivity index (χ0n) is 50.8. The highest BCUT2D eigenvalue weighted by atomic mass is 16.4. The highest BCUT2D eigenvalue weighted by Crippen LogP contribution is 2.21. The van der Waals surface area contributed by atoms with E-state index in [4.69, 9.17) is 22.9 Å². The topological polar surface area (TPSA) is 609 Å². The van der Waals surface area contributed by atoms with Gasteiger partial charge in [-0.15, -0.1) is 0 Å². The van der Waals surface area contributed by atoms with Gasteiger partial charge in [-0.1, -0.05) is 13.8 Å².